The molecule has 7 heteroatoms. The zero-order chi connectivity index (χ0) is 23.6. The van der Waals surface area contributed by atoms with Crippen LogP contribution in [0.15, 0.2) is 53.4 Å². The Bertz CT molecular complexity index is 1110. The van der Waals surface area contributed by atoms with E-state index in [1.54, 1.807) is 18.2 Å². The number of hydrogen-bond donors (Lipinski definition) is 1. The van der Waals surface area contributed by atoms with Gasteiger partial charge in [0, 0.05) is 41.7 Å². The number of carbonyl (C=O) groups excluding carboxylic acids is 1. The first kappa shape index (κ1) is 24.2. The van der Waals surface area contributed by atoms with E-state index in [1.165, 1.54) is 11.8 Å². The van der Waals surface area contributed by atoms with Gasteiger partial charge >= 0.3 is 0 Å². The molecule has 2 aliphatic carbocycles. The minimum Gasteiger partial charge on any atom is -0.339 e. The van der Waals surface area contributed by atoms with Gasteiger partial charge in [-0.2, -0.15) is 0 Å². The van der Waals surface area contributed by atoms with Crippen LogP contribution in [0.2, 0.25) is 5.02 Å². The second-order valence-electron chi connectivity index (χ2n) is 9.70. The number of hydrogen-bond acceptors (Lipinski definition) is 4. The molecule has 2 aromatic carbocycles. The summed E-state index contributed by atoms with van der Waals surface area (Å²) in [4.78, 5) is 15.6. The van der Waals surface area contributed by atoms with Gasteiger partial charge in [-0.25, -0.2) is 8.42 Å². The van der Waals surface area contributed by atoms with Crippen molar-refractivity contribution in [2.75, 3.05) is 19.3 Å². The molecule has 0 saturated heterocycles. The quantitative estimate of drug-likeness (QED) is 0.598. The highest BCUT2D eigenvalue weighted by atomic mass is 35.5. The largest absolute Gasteiger partial charge is 0.339 e. The highest BCUT2D eigenvalue weighted by Crippen LogP contribution is 2.42. The average molecular weight is 489 g/mol. The average Bonchev–Trinajstić information content (AvgIpc) is 3.65. The minimum absolute atomic E-state index is 0.0977. The number of rotatable bonds is 8. The smallest absolute Gasteiger partial charge is 0.225 e. The van der Waals surface area contributed by atoms with Gasteiger partial charge in [-0.3, -0.25) is 4.79 Å². The third kappa shape index (κ3) is 5.61. The molecule has 0 heterocycles. The molecule has 0 aliphatic heterocycles. The summed E-state index contributed by atoms with van der Waals surface area (Å²) in [6.45, 7) is 1.18. The Morgan fingerprint density at radius 2 is 1.79 bits per heavy atom. The number of carbonyl (C=O) groups is 1. The van der Waals surface area contributed by atoms with Crippen LogP contribution in [0.1, 0.15) is 49.7 Å². The van der Waals surface area contributed by atoms with Crippen LogP contribution in [0, 0.1) is 5.92 Å². The van der Waals surface area contributed by atoms with Crippen LogP contribution in [0.3, 0.4) is 0 Å². The fourth-order valence-corrected chi connectivity index (χ4v) is 6.00. The molecule has 0 atom stereocenters. The highest BCUT2D eigenvalue weighted by Gasteiger charge is 2.41. The molecule has 2 aliphatic rings. The summed E-state index contributed by atoms with van der Waals surface area (Å²) >= 11 is 6.25. The van der Waals surface area contributed by atoms with Crippen molar-refractivity contribution in [3.05, 3.63) is 64.7 Å². The summed E-state index contributed by atoms with van der Waals surface area (Å²) in [5.74, 6) is 0.406. The molecule has 0 radical (unpaired) electrons. The van der Waals surface area contributed by atoms with Crippen molar-refractivity contribution in [2.45, 2.75) is 61.3 Å². The first-order chi connectivity index (χ1) is 15.7. The van der Waals surface area contributed by atoms with E-state index in [2.05, 4.69) is 11.0 Å². The monoisotopic (exact) mass is 488 g/mol. The second-order valence-corrected chi connectivity index (χ2v) is 12.2. The number of benzene rings is 2. The van der Waals surface area contributed by atoms with E-state index in [4.69, 9.17) is 17.3 Å². The summed E-state index contributed by atoms with van der Waals surface area (Å²) in [6, 6.07) is 15.3. The Hall–Kier alpha value is -1.89. The Kier molecular flexibility index (Phi) is 7.18. The number of nitrogens with zero attached hydrogens (tertiary/aromatic N) is 1. The van der Waals surface area contributed by atoms with E-state index in [1.807, 2.05) is 24.3 Å². The van der Waals surface area contributed by atoms with Crippen LogP contribution < -0.4 is 5.73 Å². The summed E-state index contributed by atoms with van der Waals surface area (Å²) in [7, 11) is -3.25. The molecule has 2 aromatic rings. The minimum atomic E-state index is -3.25. The molecule has 4 rings (SSSR count). The summed E-state index contributed by atoms with van der Waals surface area (Å²) in [5, 5.41) is 0.726. The van der Waals surface area contributed by atoms with Crippen molar-refractivity contribution >= 4 is 27.3 Å². The predicted molar refractivity (Wildman–Crippen MR) is 132 cm³/mol. The molecule has 2 fully saturated rings. The molecule has 33 heavy (non-hydrogen) atoms. The Morgan fingerprint density at radius 3 is 2.39 bits per heavy atom. The number of amides is 1. The molecule has 2 saturated carbocycles. The maximum atomic E-state index is 13.2. The molecular weight excluding hydrogens is 456 g/mol. The number of sulfone groups is 1. The maximum Gasteiger partial charge on any atom is 0.225 e. The molecule has 5 nitrogen and oxygen atoms in total. The van der Waals surface area contributed by atoms with Crippen LogP contribution in [0.5, 0.6) is 0 Å². The fourth-order valence-electron chi connectivity index (χ4n) is 5.11. The SMILES string of the molecule is CS(=O)(=O)c1cccc(CCN(C(=O)C2CC2)[C@H]2CC[C@](CN)(c3cccc(Cl)c3)CC2)c1. The number of nitrogens with two attached hydrogens (primary N) is 1. The summed E-state index contributed by atoms with van der Waals surface area (Å²) < 4.78 is 23.8. The first-order valence-electron chi connectivity index (χ1n) is 11.8. The van der Waals surface area contributed by atoms with Crippen LogP contribution in [0.25, 0.3) is 0 Å². The summed E-state index contributed by atoms with van der Waals surface area (Å²) in [5.41, 5.74) is 8.30. The molecule has 0 aromatic heterocycles. The third-order valence-corrected chi connectivity index (χ3v) is 8.70. The van der Waals surface area contributed by atoms with E-state index in [0.29, 0.717) is 24.4 Å². The second kappa shape index (κ2) is 9.77. The predicted octanol–water partition coefficient (Wildman–Crippen LogP) is 4.36. The first-order valence-corrected chi connectivity index (χ1v) is 14.0. The Labute approximate surface area is 202 Å². The highest BCUT2D eigenvalue weighted by molar-refractivity contribution is 7.90. The van der Waals surface area contributed by atoms with Crippen LogP contribution >= 0.6 is 11.6 Å². The third-order valence-electron chi connectivity index (χ3n) is 7.36. The molecule has 0 bridgehead atoms. The van der Waals surface area contributed by atoms with Gasteiger partial charge in [-0.1, -0.05) is 35.9 Å². The molecule has 0 unspecified atom stereocenters. The van der Waals surface area contributed by atoms with Gasteiger partial charge in [-0.15, -0.1) is 0 Å². The lowest BCUT2D eigenvalue weighted by molar-refractivity contribution is -0.135. The van der Waals surface area contributed by atoms with E-state index < -0.39 is 9.84 Å². The van der Waals surface area contributed by atoms with E-state index >= 15 is 0 Å². The van der Waals surface area contributed by atoms with E-state index in [9.17, 15) is 13.2 Å². The topological polar surface area (TPSA) is 80.5 Å². The zero-order valence-corrected chi connectivity index (χ0v) is 20.7. The van der Waals surface area contributed by atoms with Gasteiger partial charge in [0.1, 0.15) is 0 Å². The van der Waals surface area contributed by atoms with Gasteiger partial charge < -0.3 is 10.6 Å². The van der Waals surface area contributed by atoms with Crippen molar-refractivity contribution in [3.8, 4) is 0 Å². The van der Waals surface area contributed by atoms with E-state index in [-0.39, 0.29) is 23.3 Å². The Balaban J connectivity index is 1.48. The molecule has 178 valence electrons. The summed E-state index contributed by atoms with van der Waals surface area (Å²) in [6.07, 6.45) is 7.48. The van der Waals surface area contributed by atoms with Gasteiger partial charge in [0.15, 0.2) is 9.84 Å². The van der Waals surface area contributed by atoms with Gasteiger partial charge in [0.2, 0.25) is 5.91 Å². The van der Waals surface area contributed by atoms with Gasteiger partial charge in [0.25, 0.3) is 0 Å². The van der Waals surface area contributed by atoms with Gasteiger partial charge in [-0.05, 0) is 80.3 Å². The van der Waals surface area contributed by atoms with Crippen molar-refractivity contribution < 1.29 is 13.2 Å². The Morgan fingerprint density at radius 1 is 1.09 bits per heavy atom. The van der Waals surface area contributed by atoms with Crippen molar-refractivity contribution in [3.63, 3.8) is 0 Å². The molecule has 0 spiro atoms. The fraction of sp³-hybridized carbons (Fsp3) is 0.500. The lowest BCUT2D eigenvalue weighted by Crippen LogP contribution is -2.48. The van der Waals surface area contributed by atoms with Gasteiger partial charge in [0.05, 0.1) is 4.90 Å². The zero-order valence-electron chi connectivity index (χ0n) is 19.2. The maximum absolute atomic E-state index is 13.2. The van der Waals surface area contributed by atoms with Crippen molar-refractivity contribution in [2.24, 2.45) is 11.7 Å². The van der Waals surface area contributed by atoms with E-state index in [0.717, 1.165) is 49.1 Å². The molecule has 2 N–H and O–H groups in total. The van der Waals surface area contributed by atoms with Crippen molar-refractivity contribution in [1.29, 1.82) is 0 Å². The van der Waals surface area contributed by atoms with Crippen LogP contribution in [-0.4, -0.2) is 44.6 Å². The standard InChI is InChI=1S/C26H33ClN2O3S/c1-33(31,32)24-7-2-4-19(16-24)12-15-29(25(30)20-8-9-20)23-10-13-26(18-28,14-11-23)21-5-3-6-22(27)17-21/h2-7,16-17,20,23H,8-15,18,28H2,1H3/t23-,26-. The number of halogens is 1. The van der Waals surface area contributed by atoms with Crippen LogP contribution in [-0.2, 0) is 26.5 Å². The van der Waals surface area contributed by atoms with Crippen LogP contribution in [0.4, 0.5) is 0 Å². The molecular formula is C26H33ClN2O3S. The lowest BCUT2D eigenvalue weighted by Gasteiger charge is -2.44. The molecule has 1 amide bonds. The normalized spacial score (nSPS) is 23.3. The lowest BCUT2D eigenvalue weighted by atomic mass is 9.68. The van der Waals surface area contributed by atoms with Crippen molar-refractivity contribution in [1.82, 2.24) is 4.90 Å².